The van der Waals surface area contributed by atoms with E-state index in [1.165, 1.54) is 17.1 Å². The van der Waals surface area contributed by atoms with Gasteiger partial charge in [0.25, 0.3) is 0 Å². The van der Waals surface area contributed by atoms with Crippen molar-refractivity contribution in [1.29, 1.82) is 0 Å². The first-order chi connectivity index (χ1) is 8.09. The zero-order valence-corrected chi connectivity index (χ0v) is 11.7. The van der Waals surface area contributed by atoms with Crippen LogP contribution < -0.4 is 5.73 Å². The van der Waals surface area contributed by atoms with Gasteiger partial charge < -0.3 is 5.73 Å². The Labute approximate surface area is 108 Å². The van der Waals surface area contributed by atoms with Crippen LogP contribution >= 0.6 is 11.8 Å². The summed E-state index contributed by atoms with van der Waals surface area (Å²) in [6.45, 7) is 5.50. The molecule has 3 unspecified atom stereocenters. The first-order valence-electron chi connectivity index (χ1n) is 6.17. The summed E-state index contributed by atoms with van der Waals surface area (Å²) in [5.41, 5.74) is 7.42. The highest BCUT2D eigenvalue weighted by atomic mass is 32.2. The summed E-state index contributed by atoms with van der Waals surface area (Å²) < 4.78 is 1.86. The molecule has 0 aromatic carbocycles. The zero-order valence-electron chi connectivity index (χ0n) is 10.8. The van der Waals surface area contributed by atoms with Gasteiger partial charge in [-0.25, -0.2) is 0 Å². The Morgan fingerprint density at radius 2 is 2.35 bits per heavy atom. The highest BCUT2D eigenvalue weighted by Gasteiger charge is 2.30. The van der Waals surface area contributed by atoms with Crippen LogP contribution in [0.3, 0.4) is 0 Å². The first kappa shape index (κ1) is 12.9. The highest BCUT2D eigenvalue weighted by Crippen LogP contribution is 2.29. The van der Waals surface area contributed by atoms with E-state index < -0.39 is 0 Å². The molecule has 0 saturated carbocycles. The van der Waals surface area contributed by atoms with Gasteiger partial charge >= 0.3 is 0 Å². The van der Waals surface area contributed by atoms with Gasteiger partial charge in [0.05, 0.1) is 12.2 Å². The van der Waals surface area contributed by atoms with Gasteiger partial charge in [0, 0.05) is 48.9 Å². The van der Waals surface area contributed by atoms with Gasteiger partial charge in [-0.1, -0.05) is 0 Å². The maximum absolute atomic E-state index is 6.19. The Kier molecular flexibility index (Phi) is 4.12. The van der Waals surface area contributed by atoms with Crippen LogP contribution in [0, 0.1) is 0 Å². The lowest BCUT2D eigenvalue weighted by Crippen LogP contribution is -2.48. The molecule has 1 aliphatic rings. The monoisotopic (exact) mass is 254 g/mol. The largest absolute Gasteiger partial charge is 0.326 e. The molecule has 0 bridgehead atoms. The van der Waals surface area contributed by atoms with Gasteiger partial charge in [-0.2, -0.15) is 16.9 Å². The van der Waals surface area contributed by atoms with Crippen LogP contribution in [0.4, 0.5) is 0 Å². The van der Waals surface area contributed by atoms with Crippen molar-refractivity contribution in [3.05, 3.63) is 18.0 Å². The summed E-state index contributed by atoms with van der Waals surface area (Å²) in [7, 11) is 1.96. The first-order valence-corrected chi connectivity index (χ1v) is 7.32. The minimum Gasteiger partial charge on any atom is -0.326 e. The normalized spacial score (nSPS) is 25.8. The molecule has 3 atom stereocenters. The lowest BCUT2D eigenvalue weighted by molar-refractivity contribution is 0.143. The molecule has 0 spiro atoms. The van der Waals surface area contributed by atoms with E-state index in [0.29, 0.717) is 12.1 Å². The van der Waals surface area contributed by atoms with Gasteiger partial charge in [-0.3, -0.25) is 9.58 Å². The van der Waals surface area contributed by atoms with Crippen molar-refractivity contribution in [2.75, 3.05) is 18.1 Å². The Balaban J connectivity index is 2.22. The molecule has 0 amide bonds. The van der Waals surface area contributed by atoms with Crippen molar-refractivity contribution in [2.45, 2.75) is 32.0 Å². The lowest BCUT2D eigenvalue weighted by atomic mass is 10.0. The summed E-state index contributed by atoms with van der Waals surface area (Å²) in [4.78, 5) is 2.53. The molecular weight excluding hydrogens is 232 g/mol. The standard InChI is InChI=1S/C12H22N4S/c1-9-8-17-5-4-16(9)12(10(2)13)11-6-14-15(3)7-11/h6-7,9-10,12H,4-5,8,13H2,1-3H3. The van der Waals surface area contributed by atoms with E-state index in [2.05, 4.69) is 30.0 Å². The zero-order chi connectivity index (χ0) is 12.4. The number of thioether (sulfide) groups is 1. The molecule has 1 aliphatic heterocycles. The SMILES string of the molecule is CC(N)C(c1cnn(C)c1)N1CCSCC1C. The van der Waals surface area contributed by atoms with Gasteiger partial charge in [-0.15, -0.1) is 0 Å². The summed E-state index contributed by atoms with van der Waals surface area (Å²) in [6.07, 6.45) is 4.03. The van der Waals surface area contributed by atoms with Gasteiger partial charge in [-0.05, 0) is 13.8 Å². The van der Waals surface area contributed by atoms with Gasteiger partial charge in [0.15, 0.2) is 0 Å². The molecule has 96 valence electrons. The Morgan fingerprint density at radius 3 is 2.88 bits per heavy atom. The molecular formula is C12H22N4S. The summed E-state index contributed by atoms with van der Waals surface area (Å²) >= 11 is 2.03. The number of hydrogen-bond acceptors (Lipinski definition) is 4. The van der Waals surface area contributed by atoms with Gasteiger partial charge in [0.2, 0.25) is 0 Å². The number of hydrogen-bond donors (Lipinski definition) is 1. The fourth-order valence-electron chi connectivity index (χ4n) is 2.54. The molecule has 2 heterocycles. The number of aromatic nitrogens is 2. The number of aryl methyl sites for hydroxylation is 1. The summed E-state index contributed by atoms with van der Waals surface area (Å²) in [6, 6.07) is 1.01. The van der Waals surface area contributed by atoms with Crippen LogP contribution in [0.5, 0.6) is 0 Å². The Bertz CT molecular complexity index is 363. The second kappa shape index (κ2) is 5.42. The van der Waals surface area contributed by atoms with E-state index in [0.717, 1.165) is 6.54 Å². The van der Waals surface area contributed by atoms with E-state index in [4.69, 9.17) is 5.73 Å². The molecule has 1 aromatic rings. The Hall–Kier alpha value is -0.520. The van der Waals surface area contributed by atoms with Crippen LogP contribution in [0.15, 0.2) is 12.4 Å². The molecule has 0 aliphatic carbocycles. The second-order valence-corrected chi connectivity index (χ2v) is 6.06. The summed E-state index contributed by atoms with van der Waals surface area (Å²) in [5, 5.41) is 4.27. The van der Waals surface area contributed by atoms with Crippen molar-refractivity contribution in [3.63, 3.8) is 0 Å². The quantitative estimate of drug-likeness (QED) is 0.882. The molecule has 0 radical (unpaired) electrons. The minimum absolute atomic E-state index is 0.129. The van der Waals surface area contributed by atoms with Gasteiger partial charge in [0.1, 0.15) is 0 Å². The fourth-order valence-corrected chi connectivity index (χ4v) is 3.58. The van der Waals surface area contributed by atoms with Crippen LogP contribution in [0.25, 0.3) is 0 Å². The average molecular weight is 254 g/mol. The molecule has 4 nitrogen and oxygen atoms in total. The van der Waals surface area contributed by atoms with Crippen molar-refractivity contribution < 1.29 is 0 Å². The smallest absolute Gasteiger partial charge is 0.0538 e. The van der Waals surface area contributed by atoms with Crippen LogP contribution in [-0.4, -0.2) is 44.8 Å². The molecule has 2 N–H and O–H groups in total. The molecule has 1 aromatic heterocycles. The van der Waals surface area contributed by atoms with Crippen LogP contribution in [-0.2, 0) is 7.05 Å². The molecule has 17 heavy (non-hydrogen) atoms. The third kappa shape index (κ3) is 2.84. The predicted molar refractivity (Wildman–Crippen MR) is 73.1 cm³/mol. The van der Waals surface area contributed by atoms with E-state index in [1.807, 2.05) is 29.7 Å². The predicted octanol–water partition coefficient (Wildman–Crippen LogP) is 1.25. The molecule has 2 rings (SSSR count). The number of rotatable bonds is 3. The molecule has 1 saturated heterocycles. The number of nitrogens with two attached hydrogens (primary N) is 1. The maximum atomic E-state index is 6.19. The molecule has 1 fully saturated rings. The van der Waals surface area contributed by atoms with E-state index in [1.54, 1.807) is 0 Å². The number of nitrogens with zero attached hydrogens (tertiary/aromatic N) is 3. The average Bonchev–Trinajstić information content (AvgIpc) is 2.68. The van der Waals surface area contributed by atoms with E-state index >= 15 is 0 Å². The van der Waals surface area contributed by atoms with Crippen molar-refractivity contribution in [2.24, 2.45) is 12.8 Å². The van der Waals surface area contributed by atoms with Crippen molar-refractivity contribution >= 4 is 11.8 Å². The second-order valence-electron chi connectivity index (χ2n) is 4.91. The Morgan fingerprint density at radius 1 is 1.59 bits per heavy atom. The lowest BCUT2D eigenvalue weighted by Gasteiger charge is -2.40. The third-order valence-electron chi connectivity index (χ3n) is 3.34. The van der Waals surface area contributed by atoms with E-state index in [9.17, 15) is 0 Å². The van der Waals surface area contributed by atoms with Crippen LogP contribution in [0.1, 0.15) is 25.5 Å². The fraction of sp³-hybridized carbons (Fsp3) is 0.750. The summed E-state index contributed by atoms with van der Waals surface area (Å²) in [5.74, 6) is 2.40. The van der Waals surface area contributed by atoms with E-state index in [-0.39, 0.29) is 6.04 Å². The van der Waals surface area contributed by atoms with Crippen molar-refractivity contribution in [3.8, 4) is 0 Å². The van der Waals surface area contributed by atoms with Crippen LogP contribution in [0.2, 0.25) is 0 Å². The molecule has 5 heteroatoms. The van der Waals surface area contributed by atoms with Crippen molar-refractivity contribution in [1.82, 2.24) is 14.7 Å². The third-order valence-corrected chi connectivity index (χ3v) is 4.53. The highest BCUT2D eigenvalue weighted by molar-refractivity contribution is 7.99. The topological polar surface area (TPSA) is 47.1 Å². The minimum atomic E-state index is 0.129. The maximum Gasteiger partial charge on any atom is 0.0538 e.